The standard InChI is InChI=1S/C6H13NO5/c1-5(10)7-12-4-6(11,2-8)3-9/h8-9,11H,2-4H2,1H3,(H,7,10). The van der Waals surface area contributed by atoms with Crippen LogP contribution < -0.4 is 5.48 Å². The molecule has 0 radical (unpaired) electrons. The molecule has 0 atom stereocenters. The lowest BCUT2D eigenvalue weighted by Gasteiger charge is -2.21. The molecule has 0 heterocycles. The first-order valence-electron chi connectivity index (χ1n) is 3.36. The highest BCUT2D eigenvalue weighted by Crippen LogP contribution is 2.01. The van der Waals surface area contributed by atoms with E-state index in [1.54, 1.807) is 0 Å². The fraction of sp³-hybridized carbons (Fsp3) is 0.833. The summed E-state index contributed by atoms with van der Waals surface area (Å²) in [4.78, 5) is 14.7. The second-order valence-corrected chi connectivity index (χ2v) is 2.49. The first-order valence-corrected chi connectivity index (χ1v) is 3.36. The maximum absolute atomic E-state index is 10.3. The minimum absolute atomic E-state index is 0.362. The van der Waals surface area contributed by atoms with E-state index >= 15 is 0 Å². The molecule has 0 aromatic carbocycles. The van der Waals surface area contributed by atoms with E-state index in [4.69, 9.17) is 15.3 Å². The molecule has 12 heavy (non-hydrogen) atoms. The molecule has 72 valence electrons. The normalized spacial score (nSPS) is 11.3. The van der Waals surface area contributed by atoms with Crippen molar-refractivity contribution in [1.82, 2.24) is 5.48 Å². The van der Waals surface area contributed by atoms with E-state index in [-0.39, 0.29) is 6.61 Å². The van der Waals surface area contributed by atoms with Crippen LogP contribution in [-0.4, -0.2) is 46.6 Å². The topological polar surface area (TPSA) is 99.0 Å². The molecule has 0 saturated carbocycles. The van der Waals surface area contributed by atoms with Crippen LogP contribution in [0.5, 0.6) is 0 Å². The van der Waals surface area contributed by atoms with E-state index in [2.05, 4.69) is 4.84 Å². The number of hydrogen-bond donors (Lipinski definition) is 4. The zero-order valence-corrected chi connectivity index (χ0v) is 6.78. The number of carbonyl (C=O) groups excluding carboxylic acids is 1. The second-order valence-electron chi connectivity index (χ2n) is 2.49. The van der Waals surface area contributed by atoms with Crippen LogP contribution in [0.2, 0.25) is 0 Å². The summed E-state index contributed by atoms with van der Waals surface area (Å²) in [5.74, 6) is -0.423. The lowest BCUT2D eigenvalue weighted by atomic mass is 10.1. The molecule has 0 aliphatic carbocycles. The highest BCUT2D eigenvalue weighted by Gasteiger charge is 2.25. The quantitative estimate of drug-likeness (QED) is 0.358. The van der Waals surface area contributed by atoms with Gasteiger partial charge in [-0.15, -0.1) is 0 Å². The van der Waals surface area contributed by atoms with E-state index in [0.717, 1.165) is 0 Å². The Labute approximate surface area is 69.7 Å². The Morgan fingerprint density at radius 1 is 1.50 bits per heavy atom. The van der Waals surface area contributed by atoms with Gasteiger partial charge in [-0.3, -0.25) is 9.63 Å². The first-order chi connectivity index (χ1) is 5.54. The first kappa shape index (κ1) is 11.3. The predicted octanol–water partition coefficient (Wildman–Crippen LogP) is -2.23. The van der Waals surface area contributed by atoms with Gasteiger partial charge >= 0.3 is 0 Å². The number of aliphatic hydroxyl groups excluding tert-OH is 2. The molecule has 6 heteroatoms. The lowest BCUT2D eigenvalue weighted by molar-refractivity contribution is -0.148. The van der Waals surface area contributed by atoms with Gasteiger partial charge in [0.25, 0.3) is 0 Å². The Bertz CT molecular complexity index is 145. The van der Waals surface area contributed by atoms with Crippen molar-refractivity contribution in [3.05, 3.63) is 0 Å². The average Bonchev–Trinajstić information content (AvgIpc) is 2.03. The highest BCUT2D eigenvalue weighted by atomic mass is 16.7. The smallest absolute Gasteiger partial charge is 0.240 e. The number of carbonyl (C=O) groups is 1. The third kappa shape index (κ3) is 4.24. The molecule has 6 nitrogen and oxygen atoms in total. The minimum Gasteiger partial charge on any atom is -0.393 e. The number of aliphatic hydroxyl groups is 3. The molecule has 4 N–H and O–H groups in total. The molecule has 0 spiro atoms. The lowest BCUT2D eigenvalue weighted by Crippen LogP contribution is -2.44. The van der Waals surface area contributed by atoms with E-state index in [1.807, 2.05) is 5.48 Å². The van der Waals surface area contributed by atoms with Crippen LogP contribution >= 0.6 is 0 Å². The molecule has 0 saturated heterocycles. The predicted molar refractivity (Wildman–Crippen MR) is 38.9 cm³/mol. The summed E-state index contributed by atoms with van der Waals surface area (Å²) in [5, 5.41) is 26.3. The summed E-state index contributed by atoms with van der Waals surface area (Å²) >= 11 is 0. The van der Waals surface area contributed by atoms with Gasteiger partial charge in [-0.05, 0) is 0 Å². The molecule has 1 amide bonds. The number of amides is 1. The second kappa shape index (κ2) is 5.04. The largest absolute Gasteiger partial charge is 0.393 e. The number of hydroxylamine groups is 1. The van der Waals surface area contributed by atoms with Crippen LogP contribution in [0.3, 0.4) is 0 Å². The van der Waals surface area contributed by atoms with Crippen LogP contribution in [-0.2, 0) is 9.63 Å². The number of hydrogen-bond acceptors (Lipinski definition) is 5. The summed E-state index contributed by atoms with van der Waals surface area (Å²) in [6.07, 6.45) is 0. The summed E-state index contributed by atoms with van der Waals surface area (Å²) in [6, 6.07) is 0. The Hall–Kier alpha value is -0.690. The van der Waals surface area contributed by atoms with Gasteiger partial charge in [0.1, 0.15) is 12.2 Å². The van der Waals surface area contributed by atoms with Crippen molar-refractivity contribution in [1.29, 1.82) is 0 Å². The molecule has 0 aliphatic heterocycles. The van der Waals surface area contributed by atoms with Gasteiger partial charge < -0.3 is 15.3 Å². The van der Waals surface area contributed by atoms with Crippen LogP contribution in [0.1, 0.15) is 6.92 Å². The molecule has 0 aliphatic rings. The van der Waals surface area contributed by atoms with E-state index in [9.17, 15) is 4.79 Å². The fourth-order valence-corrected chi connectivity index (χ4v) is 0.413. The number of rotatable bonds is 5. The third-order valence-corrected chi connectivity index (χ3v) is 1.15. The number of nitrogens with one attached hydrogen (secondary N) is 1. The Kier molecular flexibility index (Phi) is 4.75. The molecular weight excluding hydrogens is 166 g/mol. The van der Waals surface area contributed by atoms with E-state index in [1.165, 1.54) is 6.92 Å². The van der Waals surface area contributed by atoms with Crippen molar-refractivity contribution < 1.29 is 25.0 Å². The SMILES string of the molecule is CC(=O)NOCC(O)(CO)CO. The van der Waals surface area contributed by atoms with Gasteiger partial charge in [0.05, 0.1) is 13.2 Å². The van der Waals surface area contributed by atoms with Crippen molar-refractivity contribution >= 4 is 5.91 Å². The van der Waals surface area contributed by atoms with Crippen LogP contribution in [0.15, 0.2) is 0 Å². The monoisotopic (exact) mass is 179 g/mol. The highest BCUT2D eigenvalue weighted by molar-refractivity contribution is 5.71. The Morgan fingerprint density at radius 3 is 2.33 bits per heavy atom. The van der Waals surface area contributed by atoms with E-state index in [0.29, 0.717) is 0 Å². The molecule has 0 fully saturated rings. The van der Waals surface area contributed by atoms with Gasteiger partial charge in [0, 0.05) is 6.92 Å². The van der Waals surface area contributed by atoms with Crippen molar-refractivity contribution in [3.63, 3.8) is 0 Å². The summed E-state index contributed by atoms with van der Waals surface area (Å²) in [5.41, 5.74) is 0.243. The summed E-state index contributed by atoms with van der Waals surface area (Å²) < 4.78 is 0. The van der Waals surface area contributed by atoms with Gasteiger partial charge in [-0.25, -0.2) is 5.48 Å². The van der Waals surface area contributed by atoms with Crippen LogP contribution in [0, 0.1) is 0 Å². The summed E-state index contributed by atoms with van der Waals surface area (Å²) in [7, 11) is 0. The molecule has 0 bridgehead atoms. The van der Waals surface area contributed by atoms with Crippen LogP contribution in [0.25, 0.3) is 0 Å². The molecular formula is C6H13NO5. The van der Waals surface area contributed by atoms with Crippen molar-refractivity contribution in [2.75, 3.05) is 19.8 Å². The minimum atomic E-state index is -1.71. The zero-order valence-electron chi connectivity index (χ0n) is 6.78. The maximum atomic E-state index is 10.3. The molecule has 0 rings (SSSR count). The van der Waals surface area contributed by atoms with Gasteiger partial charge in [-0.1, -0.05) is 0 Å². The van der Waals surface area contributed by atoms with Crippen molar-refractivity contribution in [3.8, 4) is 0 Å². The van der Waals surface area contributed by atoms with Crippen molar-refractivity contribution in [2.24, 2.45) is 0 Å². The van der Waals surface area contributed by atoms with Gasteiger partial charge in [-0.2, -0.15) is 0 Å². The summed E-state index contributed by atoms with van der Waals surface area (Å²) in [6.45, 7) is -0.400. The Morgan fingerprint density at radius 2 is 2.00 bits per heavy atom. The van der Waals surface area contributed by atoms with Crippen LogP contribution in [0.4, 0.5) is 0 Å². The molecule has 0 aromatic heterocycles. The van der Waals surface area contributed by atoms with E-state index < -0.39 is 24.7 Å². The van der Waals surface area contributed by atoms with Crippen molar-refractivity contribution in [2.45, 2.75) is 12.5 Å². The molecule has 0 aromatic rings. The van der Waals surface area contributed by atoms with Gasteiger partial charge in [0.2, 0.25) is 5.91 Å². The Balaban J connectivity index is 3.65. The fourth-order valence-electron chi connectivity index (χ4n) is 0.413. The molecule has 0 unspecified atom stereocenters. The average molecular weight is 179 g/mol. The maximum Gasteiger partial charge on any atom is 0.240 e. The van der Waals surface area contributed by atoms with Gasteiger partial charge in [0.15, 0.2) is 0 Å². The zero-order chi connectivity index (χ0) is 9.61. The third-order valence-electron chi connectivity index (χ3n) is 1.15.